The summed E-state index contributed by atoms with van der Waals surface area (Å²) in [5.41, 5.74) is 12.4. The van der Waals surface area contributed by atoms with Crippen molar-refractivity contribution in [3.8, 4) is 0 Å². The molecule has 102 valence electrons. The highest BCUT2D eigenvalue weighted by molar-refractivity contribution is 7.17. The van der Waals surface area contributed by atoms with Crippen LogP contribution in [0.2, 0.25) is 0 Å². The van der Waals surface area contributed by atoms with Crippen LogP contribution >= 0.6 is 11.3 Å². The van der Waals surface area contributed by atoms with Gasteiger partial charge in [0, 0.05) is 12.2 Å². The topological polar surface area (TPSA) is 38.9 Å². The monoisotopic (exact) mass is 282 g/mol. The zero-order valence-electron chi connectivity index (χ0n) is 11.8. The summed E-state index contributed by atoms with van der Waals surface area (Å²) in [6, 6.07) is 10.8. The molecule has 3 rings (SSSR count). The first kappa shape index (κ1) is 13.3. The van der Waals surface area contributed by atoms with Gasteiger partial charge in [-0.2, -0.15) is 0 Å². The third-order valence-electron chi connectivity index (χ3n) is 3.49. The molecule has 3 aromatic rings. The predicted molar refractivity (Wildman–Crippen MR) is 86.2 cm³/mol. The molecule has 0 spiro atoms. The highest BCUT2D eigenvalue weighted by atomic mass is 32.1. The summed E-state index contributed by atoms with van der Waals surface area (Å²) in [5, 5.41) is 2.07. The minimum Gasteiger partial charge on any atom is -0.324 e. The molecule has 2 heterocycles. The number of aromatic nitrogens is 1. The number of thiophene rings is 1. The van der Waals surface area contributed by atoms with Crippen LogP contribution in [-0.2, 0) is 6.42 Å². The van der Waals surface area contributed by atoms with Crippen LogP contribution in [0.25, 0.3) is 10.2 Å². The van der Waals surface area contributed by atoms with E-state index in [0.29, 0.717) is 0 Å². The lowest BCUT2D eigenvalue weighted by molar-refractivity contribution is 0.719. The van der Waals surface area contributed by atoms with Crippen LogP contribution in [0, 0.1) is 13.8 Å². The third kappa shape index (κ3) is 2.74. The Hall–Kier alpha value is -1.71. The van der Waals surface area contributed by atoms with E-state index in [9.17, 15) is 0 Å². The first-order valence-corrected chi connectivity index (χ1v) is 7.66. The van der Waals surface area contributed by atoms with Crippen LogP contribution in [0.15, 0.2) is 41.9 Å². The van der Waals surface area contributed by atoms with Crippen LogP contribution in [0.5, 0.6) is 0 Å². The molecule has 20 heavy (non-hydrogen) atoms. The Balaban J connectivity index is 1.86. The first-order valence-electron chi connectivity index (χ1n) is 6.78. The zero-order chi connectivity index (χ0) is 14.1. The Bertz CT molecular complexity index is 725. The summed E-state index contributed by atoms with van der Waals surface area (Å²) in [4.78, 5) is 4.47. The number of aryl methyl sites for hydroxylation is 2. The summed E-state index contributed by atoms with van der Waals surface area (Å²) in [7, 11) is 0. The molecule has 0 bridgehead atoms. The van der Waals surface area contributed by atoms with E-state index < -0.39 is 0 Å². The van der Waals surface area contributed by atoms with Crippen molar-refractivity contribution in [2.45, 2.75) is 26.3 Å². The van der Waals surface area contributed by atoms with E-state index in [-0.39, 0.29) is 6.04 Å². The summed E-state index contributed by atoms with van der Waals surface area (Å²) in [6.45, 7) is 4.25. The lowest BCUT2D eigenvalue weighted by atomic mass is 9.98. The summed E-state index contributed by atoms with van der Waals surface area (Å²) in [6.07, 6.45) is 2.75. The molecule has 2 aromatic heterocycles. The molecule has 0 radical (unpaired) electrons. The van der Waals surface area contributed by atoms with Crippen LogP contribution in [0.4, 0.5) is 0 Å². The van der Waals surface area contributed by atoms with Gasteiger partial charge >= 0.3 is 0 Å². The zero-order valence-corrected chi connectivity index (χ0v) is 12.6. The van der Waals surface area contributed by atoms with Crippen molar-refractivity contribution < 1.29 is 0 Å². The standard InChI is InChI=1S/C17H18N2S/c1-11-5-12(2)7-13(6-11)8-15(18)14-9-17-16(19-10-14)3-4-20-17/h3-7,9-10,15H,8,18H2,1-2H3. The van der Waals surface area contributed by atoms with Gasteiger partial charge in [0.05, 0.1) is 10.2 Å². The maximum absolute atomic E-state index is 6.35. The summed E-state index contributed by atoms with van der Waals surface area (Å²) >= 11 is 1.71. The van der Waals surface area contributed by atoms with Crippen LogP contribution in [0.1, 0.15) is 28.3 Å². The van der Waals surface area contributed by atoms with Crippen molar-refractivity contribution in [1.29, 1.82) is 0 Å². The lowest BCUT2D eigenvalue weighted by Gasteiger charge is -2.13. The highest BCUT2D eigenvalue weighted by Gasteiger charge is 2.09. The molecule has 0 saturated carbocycles. The van der Waals surface area contributed by atoms with E-state index in [1.165, 1.54) is 21.4 Å². The molecule has 0 saturated heterocycles. The van der Waals surface area contributed by atoms with Gasteiger partial charge in [0.2, 0.25) is 0 Å². The van der Waals surface area contributed by atoms with Crippen molar-refractivity contribution in [2.75, 3.05) is 0 Å². The average Bonchev–Trinajstić information content (AvgIpc) is 2.84. The maximum atomic E-state index is 6.35. The van der Waals surface area contributed by atoms with Gasteiger partial charge in [-0.15, -0.1) is 11.3 Å². The van der Waals surface area contributed by atoms with Crippen LogP contribution < -0.4 is 5.73 Å². The van der Waals surface area contributed by atoms with E-state index in [0.717, 1.165) is 17.5 Å². The van der Waals surface area contributed by atoms with Gasteiger partial charge in [0.25, 0.3) is 0 Å². The summed E-state index contributed by atoms with van der Waals surface area (Å²) in [5.74, 6) is 0. The van der Waals surface area contributed by atoms with Gasteiger partial charge in [-0.05, 0) is 48.9 Å². The molecule has 0 aliphatic rings. The van der Waals surface area contributed by atoms with Gasteiger partial charge in [0.1, 0.15) is 0 Å². The molecule has 0 fully saturated rings. The fraction of sp³-hybridized carbons (Fsp3) is 0.235. The van der Waals surface area contributed by atoms with Crippen molar-refractivity contribution in [3.63, 3.8) is 0 Å². The molecule has 0 aliphatic heterocycles. The smallest absolute Gasteiger partial charge is 0.0809 e. The van der Waals surface area contributed by atoms with E-state index in [1.54, 1.807) is 11.3 Å². The Morgan fingerprint density at radius 1 is 1.15 bits per heavy atom. The van der Waals surface area contributed by atoms with Gasteiger partial charge in [-0.1, -0.05) is 29.3 Å². The number of nitrogens with two attached hydrogens (primary N) is 1. The minimum atomic E-state index is -0.00444. The first-order chi connectivity index (χ1) is 9.61. The van der Waals surface area contributed by atoms with Crippen molar-refractivity contribution in [3.05, 3.63) is 64.2 Å². The number of rotatable bonds is 3. The number of fused-ring (bicyclic) bond motifs is 1. The Morgan fingerprint density at radius 2 is 1.90 bits per heavy atom. The van der Waals surface area contributed by atoms with Gasteiger partial charge in [-0.25, -0.2) is 0 Å². The van der Waals surface area contributed by atoms with Crippen molar-refractivity contribution in [2.24, 2.45) is 5.73 Å². The van der Waals surface area contributed by atoms with Gasteiger partial charge in [0.15, 0.2) is 0 Å². The molecule has 0 aliphatic carbocycles. The molecular weight excluding hydrogens is 264 g/mol. The largest absolute Gasteiger partial charge is 0.324 e. The maximum Gasteiger partial charge on any atom is 0.0809 e. The average molecular weight is 282 g/mol. The van der Waals surface area contributed by atoms with Crippen LogP contribution in [0.3, 0.4) is 0 Å². The SMILES string of the molecule is Cc1cc(C)cc(CC(N)c2cnc3ccsc3c2)c1. The number of pyridine rings is 1. The summed E-state index contributed by atoms with van der Waals surface area (Å²) < 4.78 is 1.21. The van der Waals surface area contributed by atoms with Crippen molar-refractivity contribution >= 4 is 21.6 Å². The molecule has 1 atom stereocenters. The number of nitrogens with zero attached hydrogens (tertiary/aromatic N) is 1. The third-order valence-corrected chi connectivity index (χ3v) is 4.34. The number of hydrogen-bond donors (Lipinski definition) is 1. The lowest BCUT2D eigenvalue weighted by Crippen LogP contribution is -2.13. The van der Waals surface area contributed by atoms with E-state index in [4.69, 9.17) is 5.73 Å². The molecule has 2 nitrogen and oxygen atoms in total. The normalized spacial score (nSPS) is 12.8. The van der Waals surface area contributed by atoms with Crippen LogP contribution in [-0.4, -0.2) is 4.98 Å². The van der Waals surface area contributed by atoms with E-state index in [1.807, 2.05) is 12.3 Å². The Kier molecular flexibility index (Phi) is 3.55. The second-order valence-corrected chi connectivity index (χ2v) is 6.33. The molecule has 1 aromatic carbocycles. The highest BCUT2D eigenvalue weighted by Crippen LogP contribution is 2.24. The quantitative estimate of drug-likeness (QED) is 0.783. The minimum absolute atomic E-state index is 0.00444. The van der Waals surface area contributed by atoms with E-state index in [2.05, 4.69) is 48.5 Å². The van der Waals surface area contributed by atoms with Gasteiger partial charge < -0.3 is 5.73 Å². The molecular formula is C17H18N2S. The second-order valence-electron chi connectivity index (χ2n) is 5.38. The number of benzene rings is 1. The Morgan fingerprint density at radius 3 is 2.65 bits per heavy atom. The second kappa shape index (κ2) is 5.35. The van der Waals surface area contributed by atoms with Gasteiger partial charge in [-0.3, -0.25) is 4.98 Å². The van der Waals surface area contributed by atoms with E-state index >= 15 is 0 Å². The Labute approximate surface area is 123 Å². The molecule has 0 amide bonds. The molecule has 3 heteroatoms. The molecule has 2 N–H and O–H groups in total. The van der Waals surface area contributed by atoms with Crippen molar-refractivity contribution in [1.82, 2.24) is 4.98 Å². The fourth-order valence-electron chi connectivity index (χ4n) is 2.62. The predicted octanol–water partition coefficient (Wildman–Crippen LogP) is 4.16. The number of hydrogen-bond acceptors (Lipinski definition) is 3. The fourth-order valence-corrected chi connectivity index (χ4v) is 3.41. The molecule has 1 unspecified atom stereocenters.